The Kier molecular flexibility index (Phi) is 2.48. The van der Waals surface area contributed by atoms with Crippen molar-refractivity contribution in [2.24, 2.45) is 17.8 Å². The smallest absolute Gasteiger partial charge is 0.166 e. The van der Waals surface area contributed by atoms with Crippen molar-refractivity contribution < 1.29 is 4.79 Å². The number of ketones is 1. The average molecular weight is 216 g/mol. The predicted molar refractivity (Wildman–Crippen MR) is 61.1 cm³/mol. The molecule has 1 saturated heterocycles. The van der Waals surface area contributed by atoms with Crippen LogP contribution < -0.4 is 5.32 Å². The van der Waals surface area contributed by atoms with E-state index in [1.54, 1.807) is 12.4 Å². The van der Waals surface area contributed by atoms with Crippen LogP contribution in [0.3, 0.4) is 0 Å². The van der Waals surface area contributed by atoms with Gasteiger partial charge in [-0.05, 0) is 49.9 Å². The highest BCUT2D eigenvalue weighted by molar-refractivity contribution is 5.97. The van der Waals surface area contributed by atoms with Gasteiger partial charge in [0.1, 0.15) is 0 Å². The minimum atomic E-state index is 0.250. The van der Waals surface area contributed by atoms with E-state index in [4.69, 9.17) is 0 Å². The molecule has 1 aromatic rings. The Labute approximate surface area is 95.3 Å². The summed E-state index contributed by atoms with van der Waals surface area (Å²) in [6.07, 6.45) is 5.53. The molecule has 1 aromatic heterocycles. The Morgan fingerprint density at radius 2 is 1.81 bits per heavy atom. The second-order valence-corrected chi connectivity index (χ2v) is 4.95. The van der Waals surface area contributed by atoms with Gasteiger partial charge in [-0.3, -0.25) is 9.78 Å². The Balaban J connectivity index is 1.73. The highest BCUT2D eigenvalue weighted by Crippen LogP contribution is 2.39. The van der Waals surface area contributed by atoms with E-state index in [0.717, 1.165) is 43.3 Å². The fraction of sp³-hybridized carbons (Fsp3) is 0.538. The van der Waals surface area contributed by atoms with Gasteiger partial charge in [0.2, 0.25) is 0 Å². The van der Waals surface area contributed by atoms with Crippen LogP contribution in [0.1, 0.15) is 23.2 Å². The summed E-state index contributed by atoms with van der Waals surface area (Å²) in [7, 11) is 0. The van der Waals surface area contributed by atoms with E-state index in [1.165, 1.54) is 0 Å². The van der Waals surface area contributed by atoms with Crippen molar-refractivity contribution in [1.82, 2.24) is 10.3 Å². The van der Waals surface area contributed by atoms with E-state index in [9.17, 15) is 4.79 Å². The molecule has 3 heteroatoms. The number of Topliss-reactive ketones (excluding diaryl/α,β-unsaturated/α-hetero) is 1. The first-order valence-corrected chi connectivity index (χ1v) is 5.99. The molecule has 3 rings (SSSR count). The van der Waals surface area contributed by atoms with E-state index >= 15 is 0 Å². The number of aromatic nitrogens is 1. The number of nitrogens with zero attached hydrogens (tertiary/aromatic N) is 1. The SMILES string of the molecule is O=C(c1ccncc1)C1CC2CNCC2C1. The van der Waals surface area contributed by atoms with Crippen LogP contribution in [0, 0.1) is 17.8 Å². The first-order valence-electron chi connectivity index (χ1n) is 5.99. The van der Waals surface area contributed by atoms with Gasteiger partial charge in [0.05, 0.1) is 0 Å². The number of carbonyl (C=O) groups is 1. The summed E-state index contributed by atoms with van der Waals surface area (Å²) in [4.78, 5) is 16.2. The van der Waals surface area contributed by atoms with Crippen molar-refractivity contribution in [3.05, 3.63) is 30.1 Å². The second-order valence-electron chi connectivity index (χ2n) is 4.95. The number of rotatable bonds is 2. The molecule has 0 bridgehead atoms. The maximum Gasteiger partial charge on any atom is 0.166 e. The molecule has 16 heavy (non-hydrogen) atoms. The van der Waals surface area contributed by atoms with E-state index in [1.807, 2.05) is 12.1 Å². The highest BCUT2D eigenvalue weighted by atomic mass is 16.1. The van der Waals surface area contributed by atoms with E-state index in [0.29, 0.717) is 5.78 Å². The van der Waals surface area contributed by atoms with Crippen LogP contribution in [-0.4, -0.2) is 23.9 Å². The number of pyridine rings is 1. The molecule has 2 fully saturated rings. The van der Waals surface area contributed by atoms with Gasteiger partial charge in [-0.1, -0.05) is 0 Å². The molecule has 2 unspecified atom stereocenters. The molecule has 1 saturated carbocycles. The third-order valence-corrected chi connectivity index (χ3v) is 3.99. The number of hydrogen-bond donors (Lipinski definition) is 1. The molecule has 2 atom stereocenters. The number of nitrogens with one attached hydrogen (secondary N) is 1. The maximum absolute atomic E-state index is 12.2. The number of carbonyl (C=O) groups excluding carboxylic acids is 1. The minimum absolute atomic E-state index is 0.250. The molecule has 0 radical (unpaired) electrons. The van der Waals surface area contributed by atoms with Crippen LogP contribution in [0.5, 0.6) is 0 Å². The van der Waals surface area contributed by atoms with Crippen LogP contribution in [0.4, 0.5) is 0 Å². The molecule has 1 aliphatic carbocycles. The molecule has 0 amide bonds. The van der Waals surface area contributed by atoms with Crippen molar-refractivity contribution in [2.75, 3.05) is 13.1 Å². The number of fused-ring (bicyclic) bond motifs is 1. The van der Waals surface area contributed by atoms with Gasteiger partial charge in [0, 0.05) is 23.9 Å². The minimum Gasteiger partial charge on any atom is -0.316 e. The molecule has 1 aliphatic heterocycles. The maximum atomic E-state index is 12.2. The first kappa shape index (κ1) is 9.97. The summed E-state index contributed by atoms with van der Waals surface area (Å²) in [6.45, 7) is 2.20. The number of hydrogen-bond acceptors (Lipinski definition) is 3. The fourth-order valence-electron chi connectivity index (χ4n) is 3.13. The first-order chi connectivity index (χ1) is 7.84. The van der Waals surface area contributed by atoms with Crippen molar-refractivity contribution in [3.8, 4) is 0 Å². The average Bonchev–Trinajstić information content (AvgIpc) is 2.89. The molecule has 0 spiro atoms. The zero-order valence-electron chi connectivity index (χ0n) is 9.23. The van der Waals surface area contributed by atoms with Crippen molar-refractivity contribution in [2.45, 2.75) is 12.8 Å². The van der Waals surface area contributed by atoms with E-state index < -0.39 is 0 Å². The Morgan fingerprint density at radius 3 is 2.44 bits per heavy atom. The summed E-state index contributed by atoms with van der Waals surface area (Å²) >= 11 is 0. The Bertz CT molecular complexity index is 378. The van der Waals surface area contributed by atoms with Crippen molar-refractivity contribution in [1.29, 1.82) is 0 Å². The zero-order chi connectivity index (χ0) is 11.0. The molecule has 2 aliphatic rings. The van der Waals surface area contributed by atoms with Gasteiger partial charge in [0.15, 0.2) is 5.78 Å². The predicted octanol–water partition coefficient (Wildman–Crippen LogP) is 1.51. The largest absolute Gasteiger partial charge is 0.316 e. The summed E-state index contributed by atoms with van der Waals surface area (Å²) in [5.74, 6) is 2.03. The van der Waals surface area contributed by atoms with Gasteiger partial charge in [-0.15, -0.1) is 0 Å². The monoisotopic (exact) mass is 216 g/mol. The molecule has 2 heterocycles. The second kappa shape index (κ2) is 3.98. The molecule has 3 nitrogen and oxygen atoms in total. The van der Waals surface area contributed by atoms with Crippen LogP contribution in [-0.2, 0) is 0 Å². The van der Waals surface area contributed by atoms with Gasteiger partial charge in [-0.25, -0.2) is 0 Å². The van der Waals surface area contributed by atoms with Crippen LogP contribution >= 0.6 is 0 Å². The standard InChI is InChI=1S/C13H16N2O/c16-13(9-1-3-14-4-2-9)10-5-11-7-15-8-12(11)6-10/h1-4,10-12,15H,5-8H2. The quantitative estimate of drug-likeness (QED) is 0.762. The molecule has 84 valence electrons. The lowest BCUT2D eigenvalue weighted by atomic mass is 9.95. The van der Waals surface area contributed by atoms with Gasteiger partial charge >= 0.3 is 0 Å². The van der Waals surface area contributed by atoms with Crippen LogP contribution in [0.15, 0.2) is 24.5 Å². The van der Waals surface area contributed by atoms with Gasteiger partial charge in [0.25, 0.3) is 0 Å². The summed E-state index contributed by atoms with van der Waals surface area (Å²) < 4.78 is 0. The zero-order valence-corrected chi connectivity index (χ0v) is 9.23. The molecular formula is C13H16N2O. The molecular weight excluding hydrogens is 200 g/mol. The van der Waals surface area contributed by atoms with Gasteiger partial charge < -0.3 is 5.32 Å². The topological polar surface area (TPSA) is 42.0 Å². The fourth-order valence-corrected chi connectivity index (χ4v) is 3.13. The summed E-state index contributed by atoms with van der Waals surface area (Å²) in [6, 6.07) is 3.66. The Morgan fingerprint density at radius 1 is 1.19 bits per heavy atom. The lowest BCUT2D eigenvalue weighted by molar-refractivity contribution is 0.0917. The Hall–Kier alpha value is -1.22. The molecule has 0 aromatic carbocycles. The molecule has 1 N–H and O–H groups in total. The normalized spacial score (nSPS) is 32.6. The third kappa shape index (κ3) is 1.65. The van der Waals surface area contributed by atoms with Crippen LogP contribution in [0.25, 0.3) is 0 Å². The lowest BCUT2D eigenvalue weighted by Gasteiger charge is -2.09. The van der Waals surface area contributed by atoms with E-state index in [-0.39, 0.29) is 5.92 Å². The highest BCUT2D eigenvalue weighted by Gasteiger charge is 2.40. The van der Waals surface area contributed by atoms with Crippen molar-refractivity contribution >= 4 is 5.78 Å². The van der Waals surface area contributed by atoms with E-state index in [2.05, 4.69) is 10.3 Å². The van der Waals surface area contributed by atoms with Crippen LogP contribution in [0.2, 0.25) is 0 Å². The lowest BCUT2D eigenvalue weighted by Crippen LogP contribution is -2.17. The third-order valence-electron chi connectivity index (χ3n) is 3.99. The van der Waals surface area contributed by atoms with Gasteiger partial charge in [-0.2, -0.15) is 0 Å². The van der Waals surface area contributed by atoms with Crippen molar-refractivity contribution in [3.63, 3.8) is 0 Å². The summed E-state index contributed by atoms with van der Waals surface area (Å²) in [5, 5.41) is 3.40. The summed E-state index contributed by atoms with van der Waals surface area (Å²) in [5.41, 5.74) is 0.827.